The van der Waals surface area contributed by atoms with Gasteiger partial charge in [0.15, 0.2) is 0 Å². The van der Waals surface area contributed by atoms with E-state index in [9.17, 15) is 9.59 Å². The summed E-state index contributed by atoms with van der Waals surface area (Å²) in [7, 11) is 0. The molecule has 1 aliphatic carbocycles. The maximum atomic E-state index is 12.4. The van der Waals surface area contributed by atoms with Gasteiger partial charge in [-0.1, -0.05) is 22.0 Å². The van der Waals surface area contributed by atoms with E-state index in [4.69, 9.17) is 4.74 Å². The fourth-order valence-electron chi connectivity index (χ4n) is 1.89. The van der Waals surface area contributed by atoms with E-state index in [-0.39, 0.29) is 24.5 Å². The van der Waals surface area contributed by atoms with Crippen LogP contribution in [0.4, 0.5) is 0 Å². The van der Waals surface area contributed by atoms with Crippen LogP contribution in [0, 0.1) is 0 Å². The number of carbonyl (C=O) groups is 2. The molecule has 0 N–H and O–H groups in total. The smallest absolute Gasteiger partial charge is 0.325 e. The Morgan fingerprint density at radius 3 is 2.74 bits per heavy atom. The standard InChI is InChI=1S/C14H16BrNO3/c1-2-19-13(17)9-16(12-6-7-12)14(18)10-4-3-5-11(15)8-10/h3-5,8,12H,2,6-7,9H2,1H3. The van der Waals surface area contributed by atoms with Crippen LogP contribution in [0.2, 0.25) is 0 Å². The third-order valence-electron chi connectivity index (χ3n) is 2.92. The Morgan fingerprint density at radius 2 is 2.16 bits per heavy atom. The summed E-state index contributed by atoms with van der Waals surface area (Å²) in [5.74, 6) is -0.463. The molecule has 1 aromatic rings. The molecule has 1 saturated carbocycles. The van der Waals surface area contributed by atoms with Crippen LogP contribution < -0.4 is 0 Å². The molecule has 0 saturated heterocycles. The van der Waals surface area contributed by atoms with E-state index in [0.717, 1.165) is 17.3 Å². The SMILES string of the molecule is CCOC(=O)CN(C(=O)c1cccc(Br)c1)C1CC1. The average Bonchev–Trinajstić information content (AvgIpc) is 3.20. The monoisotopic (exact) mass is 325 g/mol. The van der Waals surface area contributed by atoms with Crippen LogP contribution in [-0.4, -0.2) is 36.0 Å². The second kappa shape index (κ2) is 6.19. The number of benzene rings is 1. The van der Waals surface area contributed by atoms with Crippen molar-refractivity contribution in [3.8, 4) is 0 Å². The molecule has 2 rings (SSSR count). The van der Waals surface area contributed by atoms with Crippen molar-refractivity contribution < 1.29 is 14.3 Å². The summed E-state index contributed by atoms with van der Waals surface area (Å²) in [6.45, 7) is 2.13. The van der Waals surface area contributed by atoms with Gasteiger partial charge in [0, 0.05) is 16.1 Å². The molecule has 0 heterocycles. The molecule has 1 aromatic carbocycles. The van der Waals surface area contributed by atoms with Crippen LogP contribution in [0.1, 0.15) is 30.1 Å². The zero-order valence-corrected chi connectivity index (χ0v) is 12.4. The fraction of sp³-hybridized carbons (Fsp3) is 0.429. The molecular formula is C14H16BrNO3. The first-order valence-electron chi connectivity index (χ1n) is 6.34. The van der Waals surface area contributed by atoms with Crippen molar-refractivity contribution in [2.75, 3.05) is 13.2 Å². The Kier molecular flexibility index (Phi) is 4.58. The van der Waals surface area contributed by atoms with Gasteiger partial charge in [-0.2, -0.15) is 0 Å². The van der Waals surface area contributed by atoms with Gasteiger partial charge in [-0.15, -0.1) is 0 Å². The number of amides is 1. The van der Waals surface area contributed by atoms with Crippen LogP contribution in [0.5, 0.6) is 0 Å². The zero-order valence-electron chi connectivity index (χ0n) is 10.8. The van der Waals surface area contributed by atoms with Crippen molar-refractivity contribution in [2.24, 2.45) is 0 Å². The number of halogens is 1. The van der Waals surface area contributed by atoms with Crippen molar-refractivity contribution in [1.29, 1.82) is 0 Å². The van der Waals surface area contributed by atoms with Crippen molar-refractivity contribution in [3.05, 3.63) is 34.3 Å². The van der Waals surface area contributed by atoms with Gasteiger partial charge in [0.2, 0.25) is 0 Å². The molecule has 0 aliphatic heterocycles. The highest BCUT2D eigenvalue weighted by Crippen LogP contribution is 2.28. The van der Waals surface area contributed by atoms with Crippen molar-refractivity contribution >= 4 is 27.8 Å². The first kappa shape index (κ1) is 14.1. The van der Waals surface area contributed by atoms with Gasteiger partial charge in [0.25, 0.3) is 5.91 Å². The molecule has 1 fully saturated rings. The van der Waals surface area contributed by atoms with Gasteiger partial charge in [0.05, 0.1) is 6.61 Å². The molecule has 0 bridgehead atoms. The maximum absolute atomic E-state index is 12.4. The molecule has 0 unspecified atom stereocenters. The molecule has 4 nitrogen and oxygen atoms in total. The largest absolute Gasteiger partial charge is 0.465 e. The molecular weight excluding hydrogens is 310 g/mol. The highest BCUT2D eigenvalue weighted by atomic mass is 79.9. The molecule has 1 amide bonds. The lowest BCUT2D eigenvalue weighted by Crippen LogP contribution is -2.38. The van der Waals surface area contributed by atoms with Gasteiger partial charge in [-0.25, -0.2) is 0 Å². The van der Waals surface area contributed by atoms with Crippen LogP contribution in [-0.2, 0) is 9.53 Å². The summed E-state index contributed by atoms with van der Waals surface area (Å²) in [5.41, 5.74) is 0.588. The molecule has 19 heavy (non-hydrogen) atoms. The Balaban J connectivity index is 2.10. The second-order valence-electron chi connectivity index (χ2n) is 4.48. The van der Waals surface area contributed by atoms with E-state index in [1.165, 1.54) is 0 Å². The average molecular weight is 326 g/mol. The summed E-state index contributed by atoms with van der Waals surface area (Å²) < 4.78 is 5.77. The second-order valence-corrected chi connectivity index (χ2v) is 5.40. The Bertz CT molecular complexity index is 485. The molecule has 0 spiro atoms. The molecule has 0 aromatic heterocycles. The van der Waals surface area contributed by atoms with Crippen LogP contribution in [0.3, 0.4) is 0 Å². The normalized spacial score (nSPS) is 14.0. The minimum Gasteiger partial charge on any atom is -0.465 e. The third-order valence-corrected chi connectivity index (χ3v) is 3.42. The maximum Gasteiger partial charge on any atom is 0.325 e. The molecule has 0 radical (unpaired) electrons. The quantitative estimate of drug-likeness (QED) is 0.782. The Morgan fingerprint density at radius 1 is 1.42 bits per heavy atom. The minimum absolute atomic E-state index is 0.0316. The van der Waals surface area contributed by atoms with Crippen molar-refractivity contribution in [2.45, 2.75) is 25.8 Å². The van der Waals surface area contributed by atoms with E-state index in [1.807, 2.05) is 12.1 Å². The number of hydrogen-bond acceptors (Lipinski definition) is 3. The van der Waals surface area contributed by atoms with Crippen molar-refractivity contribution in [1.82, 2.24) is 4.90 Å². The molecule has 1 aliphatic rings. The zero-order chi connectivity index (χ0) is 13.8. The number of hydrogen-bond donors (Lipinski definition) is 0. The number of ether oxygens (including phenoxy) is 1. The van der Waals surface area contributed by atoms with Crippen LogP contribution >= 0.6 is 15.9 Å². The molecule has 0 atom stereocenters. The summed E-state index contributed by atoms with van der Waals surface area (Å²) in [6, 6.07) is 7.38. The summed E-state index contributed by atoms with van der Waals surface area (Å²) in [5, 5.41) is 0. The fourth-order valence-corrected chi connectivity index (χ4v) is 2.29. The van der Waals surface area contributed by atoms with E-state index in [0.29, 0.717) is 12.2 Å². The van der Waals surface area contributed by atoms with Gasteiger partial charge in [-0.3, -0.25) is 9.59 Å². The van der Waals surface area contributed by atoms with E-state index in [1.54, 1.807) is 24.0 Å². The van der Waals surface area contributed by atoms with Crippen molar-refractivity contribution in [3.63, 3.8) is 0 Å². The number of carbonyl (C=O) groups excluding carboxylic acids is 2. The summed E-state index contributed by atoms with van der Waals surface area (Å²) in [4.78, 5) is 25.6. The van der Waals surface area contributed by atoms with E-state index < -0.39 is 0 Å². The lowest BCUT2D eigenvalue weighted by Gasteiger charge is -2.21. The highest BCUT2D eigenvalue weighted by Gasteiger charge is 2.34. The molecule has 102 valence electrons. The predicted molar refractivity (Wildman–Crippen MR) is 74.8 cm³/mol. The summed E-state index contributed by atoms with van der Waals surface area (Å²) >= 11 is 3.35. The van der Waals surface area contributed by atoms with Gasteiger partial charge < -0.3 is 9.64 Å². The lowest BCUT2D eigenvalue weighted by molar-refractivity contribution is -0.144. The molecule has 5 heteroatoms. The first-order chi connectivity index (χ1) is 9.11. The van der Waals surface area contributed by atoms with E-state index >= 15 is 0 Å². The van der Waals surface area contributed by atoms with Crippen LogP contribution in [0.25, 0.3) is 0 Å². The Labute approximate surface area is 120 Å². The number of nitrogens with zero attached hydrogens (tertiary/aromatic N) is 1. The topological polar surface area (TPSA) is 46.6 Å². The summed E-state index contributed by atoms with van der Waals surface area (Å²) in [6.07, 6.45) is 1.91. The van der Waals surface area contributed by atoms with Gasteiger partial charge in [-0.05, 0) is 38.0 Å². The predicted octanol–water partition coefficient (Wildman–Crippen LogP) is 2.62. The first-order valence-corrected chi connectivity index (χ1v) is 7.13. The number of rotatable bonds is 5. The highest BCUT2D eigenvalue weighted by molar-refractivity contribution is 9.10. The van der Waals surface area contributed by atoms with Gasteiger partial charge >= 0.3 is 5.97 Å². The lowest BCUT2D eigenvalue weighted by atomic mass is 10.2. The Hall–Kier alpha value is -1.36. The third kappa shape index (κ3) is 3.80. The van der Waals surface area contributed by atoms with Gasteiger partial charge in [0.1, 0.15) is 6.54 Å². The van der Waals surface area contributed by atoms with E-state index in [2.05, 4.69) is 15.9 Å². The minimum atomic E-state index is -0.349. The van der Waals surface area contributed by atoms with Crippen LogP contribution in [0.15, 0.2) is 28.7 Å². The number of esters is 1.